The Labute approximate surface area is 167 Å². The van der Waals surface area contributed by atoms with Crippen molar-refractivity contribution < 1.29 is 28.9 Å². The summed E-state index contributed by atoms with van der Waals surface area (Å²) in [6.07, 6.45) is 5.27. The van der Waals surface area contributed by atoms with E-state index in [0.29, 0.717) is 17.1 Å². The Morgan fingerprint density at radius 2 is 1.68 bits per heavy atom. The number of carbonyl (C=O) groups is 2. The van der Waals surface area contributed by atoms with E-state index in [1.807, 2.05) is 0 Å². The number of ether oxygens (including phenoxy) is 3. The predicted molar refractivity (Wildman–Crippen MR) is 106 cm³/mol. The first-order valence-electron chi connectivity index (χ1n) is 8.20. The highest BCUT2D eigenvalue weighted by Gasteiger charge is 2.17. The summed E-state index contributed by atoms with van der Waals surface area (Å²) < 4.78 is 15.3. The van der Waals surface area contributed by atoms with Gasteiger partial charge in [0.05, 0.1) is 14.2 Å². The van der Waals surface area contributed by atoms with Crippen LogP contribution in [0.1, 0.15) is 5.56 Å². The molecule has 0 saturated carbocycles. The molecule has 1 N–H and O–H groups in total. The molecule has 0 aliphatic carbocycles. The van der Waals surface area contributed by atoms with Crippen LogP contribution in [0.3, 0.4) is 0 Å². The average Bonchev–Trinajstić information content (AvgIpc) is 2.71. The minimum absolute atomic E-state index is 0.00409. The SMILES string of the molecule is COc1cc(C=CC(=O)C=CC(Cl)C(=O)Oc2ccccc2OC)ccc1O. The highest BCUT2D eigenvalue weighted by Crippen LogP contribution is 2.27. The normalized spacial score (nSPS) is 12.1. The van der Waals surface area contributed by atoms with Crippen LogP contribution in [0.2, 0.25) is 0 Å². The molecule has 0 aromatic heterocycles. The third-order valence-corrected chi connectivity index (χ3v) is 3.90. The van der Waals surface area contributed by atoms with Gasteiger partial charge in [-0.15, -0.1) is 11.6 Å². The third-order valence-electron chi connectivity index (χ3n) is 3.58. The van der Waals surface area contributed by atoms with Crippen LogP contribution >= 0.6 is 11.6 Å². The van der Waals surface area contributed by atoms with Gasteiger partial charge in [0, 0.05) is 0 Å². The molecule has 0 aliphatic rings. The summed E-state index contributed by atoms with van der Waals surface area (Å²) in [6.45, 7) is 0. The van der Waals surface area contributed by atoms with E-state index in [-0.39, 0.29) is 17.3 Å². The predicted octanol–water partition coefficient (Wildman–Crippen LogP) is 3.76. The first-order valence-corrected chi connectivity index (χ1v) is 8.64. The average molecular weight is 403 g/mol. The molecule has 2 aromatic carbocycles. The Balaban J connectivity index is 1.96. The van der Waals surface area contributed by atoms with Crippen molar-refractivity contribution in [2.45, 2.75) is 5.38 Å². The van der Waals surface area contributed by atoms with E-state index in [9.17, 15) is 14.7 Å². The number of methoxy groups -OCH3 is 2. The largest absolute Gasteiger partial charge is 0.504 e. The van der Waals surface area contributed by atoms with Gasteiger partial charge in [-0.1, -0.05) is 30.4 Å². The summed E-state index contributed by atoms with van der Waals surface area (Å²) in [5, 5.41) is 8.41. The zero-order chi connectivity index (χ0) is 20.5. The highest BCUT2D eigenvalue weighted by atomic mass is 35.5. The van der Waals surface area contributed by atoms with Gasteiger partial charge in [0.1, 0.15) is 5.38 Å². The molecule has 0 saturated heterocycles. The van der Waals surface area contributed by atoms with Gasteiger partial charge in [0.2, 0.25) is 0 Å². The van der Waals surface area contributed by atoms with E-state index in [1.54, 1.807) is 42.5 Å². The molecule has 7 heteroatoms. The number of halogens is 1. The van der Waals surface area contributed by atoms with Gasteiger partial charge in [-0.05, 0) is 42.0 Å². The Morgan fingerprint density at radius 3 is 2.36 bits per heavy atom. The maximum atomic E-state index is 12.0. The van der Waals surface area contributed by atoms with Crippen LogP contribution in [0.15, 0.2) is 60.7 Å². The summed E-state index contributed by atoms with van der Waals surface area (Å²) in [4.78, 5) is 24.0. The zero-order valence-corrected chi connectivity index (χ0v) is 16.1. The highest BCUT2D eigenvalue weighted by molar-refractivity contribution is 6.31. The number of para-hydroxylation sites is 2. The van der Waals surface area contributed by atoms with Crippen molar-refractivity contribution in [2.75, 3.05) is 14.2 Å². The standard InChI is InChI=1S/C21H19ClO6/c1-26-18-5-3-4-6-19(18)28-21(25)16(22)11-10-15(23)9-7-14-8-12-17(24)20(13-14)27-2/h3-13,16,24H,1-2H3. The van der Waals surface area contributed by atoms with Crippen LogP contribution in [0.25, 0.3) is 6.08 Å². The molecule has 146 valence electrons. The summed E-state index contributed by atoms with van der Waals surface area (Å²) >= 11 is 5.97. The van der Waals surface area contributed by atoms with Gasteiger partial charge in [-0.3, -0.25) is 4.79 Å². The Bertz CT molecular complexity index is 904. The van der Waals surface area contributed by atoms with Gasteiger partial charge < -0.3 is 19.3 Å². The van der Waals surface area contributed by atoms with E-state index >= 15 is 0 Å². The van der Waals surface area contributed by atoms with Crippen LogP contribution < -0.4 is 14.2 Å². The molecule has 0 bridgehead atoms. The molecule has 0 heterocycles. The Morgan fingerprint density at radius 1 is 1.00 bits per heavy atom. The third kappa shape index (κ3) is 5.89. The second-order valence-electron chi connectivity index (χ2n) is 5.50. The van der Waals surface area contributed by atoms with E-state index < -0.39 is 11.3 Å². The maximum absolute atomic E-state index is 12.0. The number of phenolic OH excluding ortho intramolecular Hbond substituents is 1. The molecule has 6 nitrogen and oxygen atoms in total. The van der Waals surface area contributed by atoms with Crippen LogP contribution in [0.5, 0.6) is 23.0 Å². The van der Waals surface area contributed by atoms with Gasteiger partial charge in [-0.25, -0.2) is 4.79 Å². The van der Waals surface area contributed by atoms with Crippen molar-refractivity contribution in [3.63, 3.8) is 0 Å². The number of phenols is 1. The van der Waals surface area contributed by atoms with Gasteiger partial charge in [-0.2, -0.15) is 0 Å². The van der Waals surface area contributed by atoms with Crippen molar-refractivity contribution in [3.05, 3.63) is 66.3 Å². The van der Waals surface area contributed by atoms with Crippen molar-refractivity contribution in [2.24, 2.45) is 0 Å². The second-order valence-corrected chi connectivity index (χ2v) is 5.97. The summed E-state index contributed by atoms with van der Waals surface area (Å²) in [5.74, 6) is -0.173. The van der Waals surface area contributed by atoms with Gasteiger partial charge in [0.25, 0.3) is 0 Å². The molecule has 0 amide bonds. The topological polar surface area (TPSA) is 82.1 Å². The number of carbonyl (C=O) groups excluding carboxylic acids is 2. The quantitative estimate of drug-likeness (QED) is 0.313. The second kappa shape index (κ2) is 10.2. The van der Waals surface area contributed by atoms with E-state index in [1.165, 1.54) is 38.5 Å². The lowest BCUT2D eigenvalue weighted by atomic mass is 10.1. The molecule has 28 heavy (non-hydrogen) atoms. The molecule has 0 radical (unpaired) electrons. The fourth-order valence-corrected chi connectivity index (χ4v) is 2.27. The molecule has 2 aromatic rings. The lowest BCUT2D eigenvalue weighted by molar-refractivity contribution is -0.133. The van der Waals surface area contributed by atoms with E-state index in [2.05, 4.69) is 0 Å². The number of benzene rings is 2. The van der Waals surface area contributed by atoms with Crippen LogP contribution in [0, 0.1) is 0 Å². The number of ketones is 1. The van der Waals surface area contributed by atoms with Gasteiger partial charge in [0.15, 0.2) is 28.8 Å². The molecule has 1 atom stereocenters. The number of esters is 1. The van der Waals surface area contributed by atoms with Crippen molar-refractivity contribution in [3.8, 4) is 23.0 Å². The van der Waals surface area contributed by atoms with E-state index in [0.717, 1.165) is 0 Å². The number of alkyl halides is 1. The maximum Gasteiger partial charge on any atom is 0.333 e. The number of hydrogen-bond acceptors (Lipinski definition) is 6. The van der Waals surface area contributed by atoms with Crippen molar-refractivity contribution >= 4 is 29.4 Å². The number of rotatable bonds is 8. The molecule has 2 rings (SSSR count). The Hall–Kier alpha value is -3.25. The van der Waals surface area contributed by atoms with E-state index in [4.69, 9.17) is 25.8 Å². The molecule has 0 fully saturated rings. The fourth-order valence-electron chi connectivity index (χ4n) is 2.16. The molecular weight excluding hydrogens is 384 g/mol. The minimum atomic E-state index is -1.14. The summed E-state index contributed by atoms with van der Waals surface area (Å²) in [6, 6.07) is 11.3. The molecular formula is C21H19ClO6. The van der Waals surface area contributed by atoms with Crippen LogP contribution in [-0.4, -0.2) is 36.5 Å². The van der Waals surface area contributed by atoms with Crippen LogP contribution in [-0.2, 0) is 9.59 Å². The molecule has 0 aliphatic heterocycles. The Kier molecular flexibility index (Phi) is 7.65. The molecule has 0 spiro atoms. The van der Waals surface area contributed by atoms with Crippen molar-refractivity contribution in [1.29, 1.82) is 0 Å². The summed E-state index contributed by atoms with van der Waals surface area (Å²) in [7, 11) is 2.89. The molecule has 1 unspecified atom stereocenters. The first-order chi connectivity index (χ1) is 13.4. The number of hydrogen-bond donors (Lipinski definition) is 1. The number of allylic oxidation sites excluding steroid dienone is 2. The monoisotopic (exact) mass is 402 g/mol. The number of aromatic hydroxyl groups is 1. The van der Waals surface area contributed by atoms with Crippen molar-refractivity contribution in [1.82, 2.24) is 0 Å². The fraction of sp³-hybridized carbons (Fsp3) is 0.143. The lowest BCUT2D eigenvalue weighted by Gasteiger charge is -2.09. The van der Waals surface area contributed by atoms with Gasteiger partial charge >= 0.3 is 5.97 Å². The zero-order valence-electron chi connectivity index (χ0n) is 15.3. The van der Waals surface area contributed by atoms with Crippen LogP contribution in [0.4, 0.5) is 0 Å². The smallest absolute Gasteiger partial charge is 0.333 e. The summed E-state index contributed by atoms with van der Waals surface area (Å²) in [5.41, 5.74) is 0.661. The minimum Gasteiger partial charge on any atom is -0.504 e. The lowest BCUT2D eigenvalue weighted by Crippen LogP contribution is -2.19. The first kappa shape index (κ1) is 21.1.